The highest BCUT2D eigenvalue weighted by Gasteiger charge is 2.49. The number of carbonyl (C=O) groups is 1. The van der Waals surface area contributed by atoms with Gasteiger partial charge in [-0.25, -0.2) is 4.98 Å². The average Bonchev–Trinajstić information content (AvgIpc) is 3.16. The second-order valence-electron chi connectivity index (χ2n) is 7.94. The summed E-state index contributed by atoms with van der Waals surface area (Å²) in [6, 6.07) is 5.83. The van der Waals surface area contributed by atoms with E-state index in [4.69, 9.17) is 14.6 Å². The summed E-state index contributed by atoms with van der Waals surface area (Å²) in [5.41, 5.74) is 1.63. The van der Waals surface area contributed by atoms with Crippen molar-refractivity contribution >= 4 is 6.47 Å². The zero-order valence-electron chi connectivity index (χ0n) is 17.3. The molecule has 0 aromatic carbocycles. The van der Waals surface area contributed by atoms with E-state index >= 15 is 0 Å². The SMILES string of the molecule is CCn1cc(CN2CC3(CC(COc4ccccn4)CCN3C)C2)cn1.O=CO. The number of hydrogen-bond donors (Lipinski definition) is 1. The minimum atomic E-state index is -0.250. The van der Waals surface area contributed by atoms with Crippen LogP contribution in [0.5, 0.6) is 5.88 Å². The van der Waals surface area contributed by atoms with Gasteiger partial charge in [-0.3, -0.25) is 19.3 Å². The molecule has 2 saturated heterocycles. The maximum Gasteiger partial charge on any atom is 0.290 e. The van der Waals surface area contributed by atoms with E-state index in [1.54, 1.807) is 6.20 Å². The standard InChI is InChI=1S/C20H29N5O.CH2O2/c1-3-25-13-18(11-22-25)12-24-15-20(16-24)10-17(7-9-23(20)2)14-26-19-6-4-5-8-21-19;2-1-3/h4-6,8,11,13,17H,3,7,9-10,12,14-16H2,1-2H3;1H,(H,2,3). The molecule has 2 fully saturated rings. The highest BCUT2D eigenvalue weighted by atomic mass is 16.5. The van der Waals surface area contributed by atoms with E-state index in [0.29, 0.717) is 11.5 Å². The van der Waals surface area contributed by atoms with Gasteiger partial charge in [0, 0.05) is 55.7 Å². The van der Waals surface area contributed by atoms with Crippen LogP contribution in [-0.2, 0) is 17.9 Å². The Labute approximate surface area is 172 Å². The molecule has 29 heavy (non-hydrogen) atoms. The van der Waals surface area contributed by atoms with Crippen LogP contribution in [0.4, 0.5) is 0 Å². The number of aryl methyl sites for hydroxylation is 1. The Morgan fingerprint density at radius 1 is 1.38 bits per heavy atom. The number of rotatable bonds is 6. The second kappa shape index (κ2) is 9.84. The van der Waals surface area contributed by atoms with Crippen molar-refractivity contribution in [2.45, 2.75) is 38.4 Å². The van der Waals surface area contributed by atoms with Crippen LogP contribution in [-0.4, -0.2) is 75.0 Å². The first-order chi connectivity index (χ1) is 14.1. The summed E-state index contributed by atoms with van der Waals surface area (Å²) in [5, 5.41) is 11.3. The summed E-state index contributed by atoms with van der Waals surface area (Å²) in [6.07, 6.45) is 8.37. The Bertz CT molecular complexity index is 761. The van der Waals surface area contributed by atoms with Crippen molar-refractivity contribution < 1.29 is 14.6 Å². The third-order valence-electron chi connectivity index (χ3n) is 5.91. The zero-order valence-corrected chi connectivity index (χ0v) is 17.3. The largest absolute Gasteiger partial charge is 0.483 e. The zero-order chi connectivity index (χ0) is 20.7. The van der Waals surface area contributed by atoms with Gasteiger partial charge < -0.3 is 9.84 Å². The number of pyridine rings is 1. The molecule has 2 aliphatic rings. The quantitative estimate of drug-likeness (QED) is 0.741. The summed E-state index contributed by atoms with van der Waals surface area (Å²) < 4.78 is 7.93. The molecule has 4 rings (SSSR count). The minimum absolute atomic E-state index is 0.250. The van der Waals surface area contributed by atoms with Gasteiger partial charge in [0.05, 0.1) is 12.8 Å². The molecule has 0 bridgehead atoms. The van der Waals surface area contributed by atoms with E-state index in [-0.39, 0.29) is 6.47 Å². The number of likely N-dealkylation sites (N-methyl/N-ethyl adjacent to an activating group) is 1. The lowest BCUT2D eigenvalue weighted by Crippen LogP contribution is -2.71. The highest BCUT2D eigenvalue weighted by molar-refractivity contribution is 5.32. The fraction of sp³-hybridized carbons (Fsp3) is 0.571. The molecule has 0 saturated carbocycles. The number of piperidine rings is 1. The fourth-order valence-electron chi connectivity index (χ4n) is 4.37. The first kappa shape index (κ1) is 21.3. The van der Waals surface area contributed by atoms with Gasteiger partial charge in [-0.1, -0.05) is 6.07 Å². The molecule has 1 spiro atoms. The number of ether oxygens (including phenoxy) is 1. The summed E-state index contributed by atoms with van der Waals surface area (Å²) in [6.45, 7) is 8.02. The van der Waals surface area contributed by atoms with E-state index in [9.17, 15) is 0 Å². The van der Waals surface area contributed by atoms with E-state index in [1.165, 1.54) is 18.4 Å². The molecule has 1 atom stereocenters. The predicted molar refractivity (Wildman–Crippen MR) is 110 cm³/mol. The van der Waals surface area contributed by atoms with Crippen molar-refractivity contribution in [2.75, 3.05) is 33.3 Å². The van der Waals surface area contributed by atoms with Crippen LogP contribution in [0.2, 0.25) is 0 Å². The number of hydrogen-bond acceptors (Lipinski definition) is 6. The van der Waals surface area contributed by atoms with Crippen LogP contribution >= 0.6 is 0 Å². The summed E-state index contributed by atoms with van der Waals surface area (Å²) in [5.74, 6) is 1.35. The van der Waals surface area contributed by atoms with Gasteiger partial charge in [0.25, 0.3) is 6.47 Å². The Balaban J connectivity index is 0.000000755. The molecule has 0 amide bonds. The molecule has 1 N–H and O–H groups in total. The maximum atomic E-state index is 8.36. The first-order valence-corrected chi connectivity index (χ1v) is 10.1. The van der Waals surface area contributed by atoms with Crippen LogP contribution in [0.15, 0.2) is 36.8 Å². The Kier molecular flexibility index (Phi) is 7.22. The second-order valence-corrected chi connectivity index (χ2v) is 7.94. The molecule has 158 valence electrons. The van der Waals surface area contributed by atoms with Crippen LogP contribution in [0.25, 0.3) is 0 Å². The molecule has 8 nitrogen and oxygen atoms in total. The summed E-state index contributed by atoms with van der Waals surface area (Å²) in [7, 11) is 2.28. The topological polar surface area (TPSA) is 83.7 Å². The molecule has 0 aliphatic carbocycles. The minimum Gasteiger partial charge on any atom is -0.483 e. The lowest BCUT2D eigenvalue weighted by Gasteiger charge is -2.58. The number of likely N-dealkylation sites (tertiary alicyclic amines) is 2. The van der Waals surface area contributed by atoms with Gasteiger partial charge in [0.1, 0.15) is 0 Å². The van der Waals surface area contributed by atoms with Crippen molar-refractivity contribution in [1.82, 2.24) is 24.6 Å². The third kappa shape index (κ3) is 5.33. The van der Waals surface area contributed by atoms with Crippen LogP contribution in [0.3, 0.4) is 0 Å². The molecule has 0 radical (unpaired) electrons. The number of nitrogens with zero attached hydrogens (tertiary/aromatic N) is 5. The first-order valence-electron chi connectivity index (χ1n) is 10.1. The Morgan fingerprint density at radius 3 is 2.83 bits per heavy atom. The van der Waals surface area contributed by atoms with Crippen LogP contribution < -0.4 is 4.74 Å². The van der Waals surface area contributed by atoms with Crippen molar-refractivity contribution in [2.24, 2.45) is 5.92 Å². The van der Waals surface area contributed by atoms with E-state index in [0.717, 1.165) is 45.2 Å². The van der Waals surface area contributed by atoms with Crippen molar-refractivity contribution in [1.29, 1.82) is 0 Å². The molecule has 2 aliphatic heterocycles. The molecule has 4 heterocycles. The van der Waals surface area contributed by atoms with Gasteiger partial charge >= 0.3 is 0 Å². The van der Waals surface area contributed by atoms with E-state index in [1.807, 2.05) is 29.1 Å². The molecule has 8 heteroatoms. The van der Waals surface area contributed by atoms with Gasteiger partial charge in [-0.05, 0) is 45.3 Å². The number of carboxylic acid groups (broad SMARTS) is 1. The predicted octanol–water partition coefficient (Wildman–Crippen LogP) is 1.97. The number of aromatic nitrogens is 3. The van der Waals surface area contributed by atoms with Crippen LogP contribution in [0.1, 0.15) is 25.3 Å². The summed E-state index contributed by atoms with van der Waals surface area (Å²) >= 11 is 0. The average molecular weight is 402 g/mol. The molecule has 2 aromatic heterocycles. The lowest BCUT2D eigenvalue weighted by atomic mass is 9.75. The van der Waals surface area contributed by atoms with Crippen LogP contribution in [0, 0.1) is 5.92 Å². The Hall–Kier alpha value is -2.45. The molecular formula is C21H31N5O3. The monoisotopic (exact) mass is 401 g/mol. The fourth-order valence-corrected chi connectivity index (χ4v) is 4.37. The van der Waals surface area contributed by atoms with Gasteiger partial charge in [-0.2, -0.15) is 5.10 Å². The van der Waals surface area contributed by atoms with E-state index < -0.39 is 0 Å². The maximum absolute atomic E-state index is 8.36. The smallest absolute Gasteiger partial charge is 0.290 e. The highest BCUT2D eigenvalue weighted by Crippen LogP contribution is 2.38. The van der Waals surface area contributed by atoms with Gasteiger partial charge in [-0.15, -0.1) is 0 Å². The van der Waals surface area contributed by atoms with Gasteiger partial charge in [0.2, 0.25) is 5.88 Å². The van der Waals surface area contributed by atoms with Crippen molar-refractivity contribution in [3.05, 3.63) is 42.4 Å². The summed E-state index contributed by atoms with van der Waals surface area (Å²) in [4.78, 5) is 17.7. The molecule has 2 aromatic rings. The van der Waals surface area contributed by atoms with Crippen molar-refractivity contribution in [3.63, 3.8) is 0 Å². The van der Waals surface area contributed by atoms with Crippen molar-refractivity contribution in [3.8, 4) is 5.88 Å². The lowest BCUT2D eigenvalue weighted by molar-refractivity contribution is -0.122. The third-order valence-corrected chi connectivity index (χ3v) is 5.91. The van der Waals surface area contributed by atoms with E-state index in [2.05, 4.69) is 40.1 Å². The Morgan fingerprint density at radius 2 is 2.17 bits per heavy atom. The molecular weight excluding hydrogens is 370 g/mol. The molecule has 1 unspecified atom stereocenters. The normalized spacial score (nSPS) is 21.1. The van der Waals surface area contributed by atoms with Gasteiger partial charge in [0.15, 0.2) is 0 Å².